The van der Waals surface area contributed by atoms with E-state index in [0.29, 0.717) is 76.7 Å². The van der Waals surface area contributed by atoms with E-state index < -0.39 is 79.5 Å². The number of halogens is 3. The highest BCUT2D eigenvalue weighted by Crippen LogP contribution is 2.46. The van der Waals surface area contributed by atoms with E-state index in [2.05, 4.69) is 27.2 Å². The summed E-state index contributed by atoms with van der Waals surface area (Å²) in [6.07, 6.45) is 0.649. The Labute approximate surface area is 328 Å². The number of nitrogens with zero attached hydrogens (tertiary/aromatic N) is 2. The summed E-state index contributed by atoms with van der Waals surface area (Å²) in [5, 5.41) is 5.97. The second-order valence-corrected chi connectivity index (χ2v) is 18.8. The minimum atomic E-state index is -4.90. The summed E-state index contributed by atoms with van der Waals surface area (Å²) in [7, 11) is -4.14. The Morgan fingerprint density at radius 2 is 1.84 bits per heavy atom. The summed E-state index contributed by atoms with van der Waals surface area (Å²) in [5.74, 6) is 2.60. The molecule has 1 aromatic carbocycles. The highest BCUT2D eigenvalue weighted by molar-refractivity contribution is 7.91. The molecule has 3 aliphatic heterocycles. The average Bonchev–Trinajstić information content (AvgIpc) is 3.79. The van der Waals surface area contributed by atoms with Gasteiger partial charge in [0.1, 0.15) is 23.4 Å². The van der Waals surface area contributed by atoms with Crippen molar-refractivity contribution in [3.63, 3.8) is 0 Å². The number of aromatic nitrogens is 1. The van der Waals surface area contributed by atoms with Crippen LogP contribution in [0.25, 0.3) is 10.9 Å². The normalized spacial score (nSPS) is 28.5. The Balaban J connectivity index is 1.25. The van der Waals surface area contributed by atoms with Crippen molar-refractivity contribution >= 4 is 44.7 Å². The summed E-state index contributed by atoms with van der Waals surface area (Å²) in [6.45, 7) is 4.55. The Hall–Kier alpha value is -4.85. The molecule has 13 nitrogen and oxygen atoms in total. The van der Waals surface area contributed by atoms with Gasteiger partial charge in [0.15, 0.2) is 5.54 Å². The number of fused-ring (bicyclic) bond motifs is 5. The molecular weight excluding hydrogens is 768 g/mol. The first-order valence-corrected chi connectivity index (χ1v) is 20.7. The van der Waals surface area contributed by atoms with Gasteiger partial charge in [0.25, 0.3) is 5.91 Å². The maximum absolute atomic E-state index is 14.7. The lowest BCUT2D eigenvalue weighted by atomic mass is 9.75. The quantitative estimate of drug-likeness (QED) is 0.287. The molecule has 306 valence electrons. The van der Waals surface area contributed by atoms with E-state index in [1.54, 1.807) is 19.1 Å². The van der Waals surface area contributed by atoms with Crippen LogP contribution in [-0.4, -0.2) is 88.4 Å². The van der Waals surface area contributed by atoms with Crippen LogP contribution in [-0.2, 0) is 35.6 Å². The van der Waals surface area contributed by atoms with Crippen LogP contribution in [0.4, 0.5) is 18.0 Å². The number of alkyl carbamates (subject to hydrolysis) is 1. The summed E-state index contributed by atoms with van der Waals surface area (Å²) < 4.78 is 80.1. The topological polar surface area (TPSA) is 173 Å². The third-order valence-electron chi connectivity index (χ3n) is 12.0. The molecule has 2 aromatic rings. The number of pyridine rings is 1. The molecule has 5 unspecified atom stereocenters. The van der Waals surface area contributed by atoms with Gasteiger partial charge in [0.05, 0.1) is 28.4 Å². The lowest BCUT2D eigenvalue weighted by molar-refractivity contribution is -0.244. The number of aryl methyl sites for hydroxylation is 2. The molecule has 0 radical (unpaired) electrons. The first-order chi connectivity index (χ1) is 26.7. The monoisotopic (exact) mass is 813 g/mol. The van der Waals surface area contributed by atoms with Crippen molar-refractivity contribution in [2.45, 2.75) is 132 Å². The van der Waals surface area contributed by atoms with E-state index in [9.17, 15) is 40.8 Å². The number of rotatable bonds is 5. The highest BCUT2D eigenvalue weighted by Gasteiger charge is 2.59. The zero-order valence-electron chi connectivity index (χ0n) is 32.2. The highest BCUT2D eigenvalue weighted by atomic mass is 32.2. The second kappa shape index (κ2) is 14.2. The van der Waals surface area contributed by atoms with Crippen LogP contribution in [0.3, 0.4) is 0 Å². The van der Waals surface area contributed by atoms with Gasteiger partial charge in [-0.15, -0.1) is 0 Å². The molecule has 0 bridgehead atoms. The molecule has 4 heterocycles. The van der Waals surface area contributed by atoms with Crippen LogP contribution >= 0.6 is 0 Å². The minimum Gasteiger partial charge on any atom is -0.483 e. The fourth-order valence-corrected chi connectivity index (χ4v) is 9.20. The lowest BCUT2D eigenvalue weighted by Gasteiger charge is -2.38. The van der Waals surface area contributed by atoms with Crippen LogP contribution in [0.2, 0.25) is 0 Å². The minimum absolute atomic E-state index is 0.0232. The van der Waals surface area contributed by atoms with Gasteiger partial charge in [-0.2, -0.15) is 13.2 Å². The van der Waals surface area contributed by atoms with Gasteiger partial charge in [-0.25, -0.2) is 22.9 Å². The zero-order chi connectivity index (χ0) is 41.2. The summed E-state index contributed by atoms with van der Waals surface area (Å²) in [6, 6.07) is 4.87. The number of ether oxygens (including phenoxy) is 2. The van der Waals surface area contributed by atoms with Crippen LogP contribution in [0.5, 0.6) is 5.75 Å². The molecule has 17 heteroatoms. The molecular formula is C40H46F3N5O8S. The van der Waals surface area contributed by atoms with Gasteiger partial charge in [0.2, 0.25) is 27.4 Å². The van der Waals surface area contributed by atoms with E-state index in [1.165, 1.54) is 11.8 Å². The third kappa shape index (κ3) is 7.41. The Morgan fingerprint density at radius 3 is 2.53 bits per heavy atom. The van der Waals surface area contributed by atoms with Crippen molar-refractivity contribution in [1.29, 1.82) is 0 Å². The SMILES string of the molecule is Cc1nc2ccccc2c2c1OC1(CC2)CC2C(=O)NC3(C(=O)NS(=O)(=O)C4(C)CC4)C#CC3C=CCCCCCC(NC(=O)OC(C)(C)C(F)(F)F)C(=O)N2C1. The number of nitrogens with one attached hydrogen (secondary N) is 3. The lowest BCUT2D eigenvalue weighted by Crippen LogP contribution is -2.68. The molecule has 57 heavy (non-hydrogen) atoms. The molecule has 4 amide bonds. The Bertz CT molecular complexity index is 2230. The van der Waals surface area contributed by atoms with Crippen molar-refractivity contribution in [2.75, 3.05) is 6.54 Å². The van der Waals surface area contributed by atoms with E-state index in [1.807, 2.05) is 24.3 Å². The molecule has 1 aromatic heterocycles. The molecule has 5 atom stereocenters. The Kier molecular flexibility index (Phi) is 10.1. The molecule has 1 saturated carbocycles. The summed E-state index contributed by atoms with van der Waals surface area (Å²) >= 11 is 0. The standard InChI is InChI=1S/C40H46F3N5O8S/c1-24-31-27(26-13-10-11-14-28(26)44-24)17-18-38(55-31)22-30-32(49)46-39(34(51)47-57(53,54)37(4)20-21-37)19-16-25(39)12-8-6-5-7-9-15-29(33(50)48(30)23-38)45-35(52)56-36(2,3)40(41,42)43/h8,10-14,25,29-30H,5-7,9,15,17-18,20-23H2,1-4H3,(H,45,52)(H,46,49)(H,47,51). The van der Waals surface area contributed by atoms with Gasteiger partial charge in [-0.05, 0) is 78.7 Å². The maximum atomic E-state index is 14.7. The van der Waals surface area contributed by atoms with Crippen LogP contribution in [0, 0.1) is 24.7 Å². The van der Waals surface area contributed by atoms with E-state index in [4.69, 9.17) is 14.5 Å². The predicted molar refractivity (Wildman–Crippen MR) is 201 cm³/mol. The summed E-state index contributed by atoms with van der Waals surface area (Å²) in [4.78, 5) is 62.3. The maximum Gasteiger partial charge on any atom is 0.427 e. The number of carbonyl (C=O) groups excluding carboxylic acids is 4. The first kappa shape index (κ1) is 40.4. The zero-order valence-corrected chi connectivity index (χ0v) is 33.0. The van der Waals surface area contributed by atoms with Crippen LogP contribution in [0.15, 0.2) is 36.4 Å². The van der Waals surface area contributed by atoms with E-state index in [-0.39, 0.29) is 19.4 Å². The van der Waals surface area contributed by atoms with Crippen molar-refractivity contribution in [2.24, 2.45) is 5.92 Å². The smallest absolute Gasteiger partial charge is 0.427 e. The fourth-order valence-electron chi connectivity index (χ4n) is 7.91. The van der Waals surface area contributed by atoms with Crippen molar-refractivity contribution in [1.82, 2.24) is 25.2 Å². The van der Waals surface area contributed by atoms with E-state index in [0.717, 1.165) is 16.5 Å². The van der Waals surface area contributed by atoms with Gasteiger partial charge in [-0.3, -0.25) is 14.4 Å². The number of hydrogen-bond acceptors (Lipinski definition) is 9. The molecule has 1 spiro atoms. The number of amides is 4. The van der Waals surface area contributed by atoms with Crippen molar-refractivity contribution in [3.8, 4) is 17.6 Å². The molecule has 3 N–H and O–H groups in total. The molecule has 2 aliphatic carbocycles. The first-order valence-electron chi connectivity index (χ1n) is 19.2. The number of para-hydroxylation sites is 1. The third-order valence-corrected chi connectivity index (χ3v) is 14.1. The molecule has 7 rings (SSSR count). The average molecular weight is 814 g/mol. The number of carbonyl (C=O) groups is 4. The fraction of sp³-hybridized carbons (Fsp3) is 0.575. The number of allylic oxidation sites excluding steroid dienone is 1. The van der Waals surface area contributed by atoms with Crippen molar-refractivity contribution < 1.29 is 50.2 Å². The molecule has 5 aliphatic rings. The van der Waals surface area contributed by atoms with E-state index >= 15 is 0 Å². The largest absolute Gasteiger partial charge is 0.483 e. The predicted octanol–water partition coefficient (Wildman–Crippen LogP) is 4.65. The van der Waals surface area contributed by atoms with Gasteiger partial charge >= 0.3 is 12.3 Å². The number of hydrogen-bond donors (Lipinski definition) is 3. The molecule has 1 saturated heterocycles. The Morgan fingerprint density at radius 1 is 1.11 bits per heavy atom. The number of benzene rings is 1. The number of alkyl halides is 3. The van der Waals surface area contributed by atoms with Gasteiger partial charge < -0.3 is 25.0 Å². The van der Waals surface area contributed by atoms with Crippen LogP contribution in [0.1, 0.15) is 89.8 Å². The van der Waals surface area contributed by atoms with Crippen LogP contribution < -0.4 is 20.1 Å². The van der Waals surface area contributed by atoms with Crippen molar-refractivity contribution in [3.05, 3.63) is 47.7 Å². The molecule has 2 fully saturated rings. The second-order valence-electron chi connectivity index (χ2n) is 16.6. The van der Waals surface area contributed by atoms with Gasteiger partial charge in [-0.1, -0.05) is 55.0 Å². The van der Waals surface area contributed by atoms with Gasteiger partial charge in [0, 0.05) is 17.4 Å². The summed E-state index contributed by atoms with van der Waals surface area (Å²) in [5.41, 5.74) is -3.73. The number of sulfonamides is 1.